The first-order valence-electron chi connectivity index (χ1n) is 13.5. The summed E-state index contributed by atoms with van der Waals surface area (Å²) in [6.45, 7) is 1.09. The van der Waals surface area contributed by atoms with Gasteiger partial charge in [-0.25, -0.2) is 4.79 Å². The number of urea groups is 1. The first-order chi connectivity index (χ1) is 20.4. The van der Waals surface area contributed by atoms with Gasteiger partial charge in [-0.1, -0.05) is 24.3 Å². The highest BCUT2D eigenvalue weighted by Crippen LogP contribution is 2.28. The zero-order valence-electron chi connectivity index (χ0n) is 24.1. The van der Waals surface area contributed by atoms with E-state index in [4.69, 9.17) is 19.5 Å². The van der Waals surface area contributed by atoms with Crippen LogP contribution in [-0.2, 0) is 22.5 Å². The summed E-state index contributed by atoms with van der Waals surface area (Å²) in [6, 6.07) is 21.8. The Labute approximate surface area is 245 Å². The molecule has 0 atom stereocenters. The number of amides is 3. The number of H-pyrrole nitrogens is 1. The molecule has 1 heterocycles. The van der Waals surface area contributed by atoms with E-state index in [0.717, 1.165) is 22.0 Å². The number of nitrogens with zero attached hydrogens (tertiary/aromatic N) is 3. The number of ether oxygens (including phenoxy) is 3. The van der Waals surface area contributed by atoms with Crippen LogP contribution < -0.4 is 14.8 Å². The number of benzene rings is 3. The molecule has 0 bridgehead atoms. The van der Waals surface area contributed by atoms with E-state index < -0.39 is 6.03 Å². The molecule has 0 radical (unpaired) electrons. The number of para-hydroxylation sites is 1. The molecule has 0 fully saturated rings. The number of carbonyl (C=O) groups is 2. The second-order valence-electron chi connectivity index (χ2n) is 9.65. The summed E-state index contributed by atoms with van der Waals surface area (Å²) in [5, 5.41) is 13.0. The Bertz CT molecular complexity index is 1540. The van der Waals surface area contributed by atoms with Crippen molar-refractivity contribution >= 4 is 28.5 Å². The van der Waals surface area contributed by atoms with Crippen molar-refractivity contribution in [3.8, 4) is 17.6 Å². The van der Waals surface area contributed by atoms with Gasteiger partial charge in [-0.3, -0.25) is 4.79 Å². The maximum atomic E-state index is 13.8. The van der Waals surface area contributed by atoms with Crippen molar-refractivity contribution in [2.24, 2.45) is 0 Å². The van der Waals surface area contributed by atoms with E-state index in [1.807, 2.05) is 42.6 Å². The lowest BCUT2D eigenvalue weighted by atomic mass is 10.1. The number of fused-ring (bicyclic) bond motifs is 1. The molecule has 10 nitrogen and oxygen atoms in total. The molecule has 218 valence electrons. The van der Waals surface area contributed by atoms with E-state index in [9.17, 15) is 9.59 Å². The fourth-order valence-corrected chi connectivity index (χ4v) is 4.63. The molecule has 3 aromatic carbocycles. The van der Waals surface area contributed by atoms with Gasteiger partial charge in [0.05, 0.1) is 32.5 Å². The van der Waals surface area contributed by atoms with Crippen LogP contribution in [0.1, 0.15) is 16.7 Å². The van der Waals surface area contributed by atoms with Crippen LogP contribution in [0.5, 0.6) is 11.5 Å². The minimum absolute atomic E-state index is 0.146. The average molecular weight is 570 g/mol. The van der Waals surface area contributed by atoms with Crippen molar-refractivity contribution in [3.05, 3.63) is 89.6 Å². The minimum atomic E-state index is -0.437. The summed E-state index contributed by atoms with van der Waals surface area (Å²) in [6.07, 6.45) is 2.60. The smallest absolute Gasteiger partial charge is 0.322 e. The molecular weight excluding hydrogens is 534 g/mol. The van der Waals surface area contributed by atoms with Crippen LogP contribution in [0.3, 0.4) is 0 Å². The predicted octanol–water partition coefficient (Wildman–Crippen LogP) is 4.81. The van der Waals surface area contributed by atoms with Crippen molar-refractivity contribution in [2.45, 2.75) is 13.0 Å². The number of methoxy groups -OCH3 is 3. The lowest BCUT2D eigenvalue weighted by Crippen LogP contribution is -2.46. The van der Waals surface area contributed by atoms with Gasteiger partial charge in [0, 0.05) is 49.5 Å². The number of nitriles is 1. The lowest BCUT2D eigenvalue weighted by Gasteiger charge is -2.28. The molecule has 42 heavy (non-hydrogen) atoms. The standard InChI is InChI=1S/C32H35N5O5/c1-40-17-16-37(32(39)35-26-11-8-23(19-33)9-12-26)22-31(38)36(21-24-10-13-29(41-2)30(18-24)42-3)15-14-25-20-34-28-7-5-4-6-27(25)28/h4-13,18,20,34H,14-17,21-22H2,1-3H3,(H,35,39). The second kappa shape index (κ2) is 14.6. The third-order valence-electron chi connectivity index (χ3n) is 6.94. The van der Waals surface area contributed by atoms with E-state index in [2.05, 4.69) is 22.4 Å². The summed E-state index contributed by atoms with van der Waals surface area (Å²) >= 11 is 0. The average Bonchev–Trinajstić information content (AvgIpc) is 3.44. The molecule has 3 amide bonds. The first kappa shape index (κ1) is 30.0. The topological polar surface area (TPSA) is 120 Å². The van der Waals surface area contributed by atoms with Gasteiger partial charge < -0.3 is 34.3 Å². The molecule has 2 N–H and O–H groups in total. The molecule has 0 aliphatic rings. The van der Waals surface area contributed by atoms with Crippen molar-refractivity contribution in [3.63, 3.8) is 0 Å². The summed E-state index contributed by atoms with van der Waals surface area (Å²) in [4.78, 5) is 33.5. The molecule has 0 spiro atoms. The summed E-state index contributed by atoms with van der Waals surface area (Å²) in [5.74, 6) is 0.960. The molecule has 0 saturated heterocycles. The number of aromatic nitrogens is 1. The van der Waals surface area contributed by atoms with Gasteiger partial charge in [0.15, 0.2) is 11.5 Å². The Morgan fingerprint density at radius 2 is 1.69 bits per heavy atom. The van der Waals surface area contributed by atoms with Gasteiger partial charge in [0.1, 0.15) is 6.54 Å². The van der Waals surface area contributed by atoms with Gasteiger partial charge in [0.25, 0.3) is 0 Å². The summed E-state index contributed by atoms with van der Waals surface area (Å²) in [5.41, 5.74) is 4.02. The van der Waals surface area contributed by atoms with Crippen molar-refractivity contribution < 1.29 is 23.8 Å². The first-order valence-corrected chi connectivity index (χ1v) is 13.5. The molecule has 4 rings (SSSR count). The fourth-order valence-electron chi connectivity index (χ4n) is 4.63. The molecule has 4 aromatic rings. The van der Waals surface area contributed by atoms with Gasteiger partial charge in [0.2, 0.25) is 5.91 Å². The number of anilines is 1. The van der Waals surface area contributed by atoms with Crippen LogP contribution in [0.15, 0.2) is 72.9 Å². The quantitative estimate of drug-likeness (QED) is 0.239. The number of carbonyl (C=O) groups excluding carboxylic acids is 2. The zero-order chi connectivity index (χ0) is 29.9. The second-order valence-corrected chi connectivity index (χ2v) is 9.65. The van der Waals surface area contributed by atoms with Gasteiger partial charge in [-0.2, -0.15) is 5.26 Å². The number of aromatic amines is 1. The van der Waals surface area contributed by atoms with Crippen LogP contribution in [0.25, 0.3) is 10.9 Å². The Hall–Kier alpha value is -5.01. The summed E-state index contributed by atoms with van der Waals surface area (Å²) < 4.78 is 16.1. The molecule has 0 unspecified atom stereocenters. The highest BCUT2D eigenvalue weighted by Gasteiger charge is 2.23. The Balaban J connectivity index is 1.54. The highest BCUT2D eigenvalue weighted by molar-refractivity contribution is 5.92. The normalized spacial score (nSPS) is 10.6. The van der Waals surface area contributed by atoms with E-state index >= 15 is 0 Å². The van der Waals surface area contributed by atoms with Gasteiger partial charge in [-0.15, -0.1) is 0 Å². The molecule has 0 saturated carbocycles. The Kier molecular flexibility index (Phi) is 10.4. The maximum absolute atomic E-state index is 13.8. The molecular formula is C32H35N5O5. The third-order valence-corrected chi connectivity index (χ3v) is 6.94. The van der Waals surface area contributed by atoms with Crippen LogP contribution in [0, 0.1) is 11.3 Å². The SMILES string of the molecule is COCCN(CC(=O)N(CCc1c[nH]c2ccccc12)Cc1ccc(OC)c(OC)c1)C(=O)Nc1ccc(C#N)cc1. The zero-order valence-corrected chi connectivity index (χ0v) is 24.1. The molecule has 10 heteroatoms. The number of nitrogens with one attached hydrogen (secondary N) is 2. The van der Waals surface area contributed by atoms with Crippen LogP contribution in [-0.4, -0.2) is 74.3 Å². The fraction of sp³-hybridized carbons (Fsp3) is 0.281. The molecule has 0 aliphatic heterocycles. The monoisotopic (exact) mass is 569 g/mol. The maximum Gasteiger partial charge on any atom is 0.322 e. The van der Waals surface area contributed by atoms with Crippen LogP contribution in [0.2, 0.25) is 0 Å². The Morgan fingerprint density at radius 3 is 2.40 bits per heavy atom. The number of rotatable bonds is 13. The number of hydrogen-bond acceptors (Lipinski definition) is 6. The van der Waals surface area contributed by atoms with Crippen LogP contribution in [0.4, 0.5) is 10.5 Å². The van der Waals surface area contributed by atoms with Gasteiger partial charge >= 0.3 is 6.03 Å². The number of hydrogen-bond donors (Lipinski definition) is 2. The lowest BCUT2D eigenvalue weighted by molar-refractivity contribution is -0.132. The van der Waals surface area contributed by atoms with Crippen LogP contribution >= 0.6 is 0 Å². The van der Waals surface area contributed by atoms with Crippen molar-refractivity contribution in [1.29, 1.82) is 5.26 Å². The largest absolute Gasteiger partial charge is 0.493 e. The summed E-state index contributed by atoms with van der Waals surface area (Å²) in [7, 11) is 4.69. The van der Waals surface area contributed by atoms with Crippen molar-refractivity contribution in [2.75, 3.05) is 52.9 Å². The Morgan fingerprint density at radius 1 is 0.929 bits per heavy atom. The minimum Gasteiger partial charge on any atom is -0.493 e. The van der Waals surface area contributed by atoms with Gasteiger partial charge in [-0.05, 0) is 60.0 Å². The molecule has 0 aliphatic carbocycles. The predicted molar refractivity (Wildman–Crippen MR) is 161 cm³/mol. The highest BCUT2D eigenvalue weighted by atomic mass is 16.5. The van der Waals surface area contributed by atoms with E-state index in [0.29, 0.717) is 42.3 Å². The van der Waals surface area contributed by atoms with E-state index in [1.165, 1.54) is 4.90 Å². The third kappa shape index (κ3) is 7.59. The van der Waals surface area contributed by atoms with E-state index in [1.54, 1.807) is 50.5 Å². The van der Waals surface area contributed by atoms with E-state index in [-0.39, 0.29) is 25.6 Å². The van der Waals surface area contributed by atoms with Crippen molar-refractivity contribution in [1.82, 2.24) is 14.8 Å². The molecule has 1 aromatic heterocycles.